The van der Waals surface area contributed by atoms with Gasteiger partial charge in [-0.05, 0) is 36.4 Å². The number of anilines is 1. The molecule has 0 atom stereocenters. The Morgan fingerprint density at radius 2 is 2.00 bits per heavy atom. The summed E-state index contributed by atoms with van der Waals surface area (Å²) in [5.74, 6) is -0.218. The van der Waals surface area contributed by atoms with Crippen LogP contribution in [-0.4, -0.2) is 20.7 Å². The van der Waals surface area contributed by atoms with E-state index in [2.05, 4.69) is 15.4 Å². The van der Waals surface area contributed by atoms with Gasteiger partial charge in [0.2, 0.25) is 5.91 Å². The van der Waals surface area contributed by atoms with Crippen molar-refractivity contribution in [2.24, 2.45) is 0 Å². The lowest BCUT2D eigenvalue weighted by atomic mass is 10.3. The summed E-state index contributed by atoms with van der Waals surface area (Å²) < 4.78 is 1.32. The van der Waals surface area contributed by atoms with Crippen LogP contribution in [-0.2, 0) is 11.3 Å². The maximum absolute atomic E-state index is 12.2. The fourth-order valence-electron chi connectivity index (χ4n) is 2.05. The number of nitrogens with one attached hydrogen (secondary N) is 1. The zero-order chi connectivity index (χ0) is 17.6. The highest BCUT2D eigenvalue weighted by atomic mass is 35.5. The van der Waals surface area contributed by atoms with Gasteiger partial charge in [0.15, 0.2) is 0 Å². The molecule has 1 heterocycles. The third kappa shape index (κ3) is 4.59. The molecule has 0 spiro atoms. The third-order valence-corrected chi connectivity index (χ3v) is 4.48. The molecule has 3 rings (SSSR count). The topological polar surface area (TPSA) is 83.6 Å². The lowest BCUT2D eigenvalue weighted by Gasteiger charge is -2.10. The molecule has 124 valence electrons. The van der Waals surface area contributed by atoms with Gasteiger partial charge in [0.1, 0.15) is 18.9 Å². The molecule has 0 aliphatic heterocycles. The summed E-state index contributed by atoms with van der Waals surface area (Å²) >= 11 is 7.43. The number of hydrogen-bond donors (Lipinski definition) is 1. The molecule has 0 fully saturated rings. The van der Waals surface area contributed by atoms with Gasteiger partial charge in [-0.2, -0.15) is 5.26 Å². The molecule has 0 saturated heterocycles. The van der Waals surface area contributed by atoms with Crippen molar-refractivity contribution in [3.8, 4) is 6.07 Å². The van der Waals surface area contributed by atoms with Crippen molar-refractivity contribution >= 4 is 35.0 Å². The number of rotatable bonds is 5. The second-order valence-corrected chi connectivity index (χ2v) is 6.53. The molecule has 0 bridgehead atoms. The first-order valence-electron chi connectivity index (χ1n) is 7.26. The third-order valence-electron chi connectivity index (χ3n) is 3.14. The van der Waals surface area contributed by atoms with E-state index in [1.54, 1.807) is 0 Å². The Labute approximate surface area is 153 Å². The van der Waals surface area contributed by atoms with Crippen molar-refractivity contribution in [1.29, 1.82) is 5.26 Å². The number of carbonyl (C=O) groups is 1. The maximum Gasteiger partial charge on any atom is 0.252 e. The van der Waals surface area contributed by atoms with Gasteiger partial charge < -0.3 is 5.32 Å². The molecule has 1 amide bonds. The van der Waals surface area contributed by atoms with Gasteiger partial charge in [-0.3, -0.25) is 4.79 Å². The molecule has 1 N–H and O–H groups in total. The number of para-hydroxylation sites is 1. The van der Waals surface area contributed by atoms with E-state index in [-0.39, 0.29) is 18.3 Å². The van der Waals surface area contributed by atoms with Crippen LogP contribution in [0.1, 0.15) is 5.82 Å². The van der Waals surface area contributed by atoms with E-state index in [1.165, 1.54) is 22.8 Å². The van der Waals surface area contributed by atoms with E-state index in [4.69, 9.17) is 16.9 Å². The number of carbonyl (C=O) groups excluding carboxylic acids is 1. The highest BCUT2D eigenvalue weighted by molar-refractivity contribution is 7.99. The number of nitriles is 1. The first-order valence-corrected chi connectivity index (χ1v) is 8.45. The monoisotopic (exact) mass is 369 g/mol. The van der Waals surface area contributed by atoms with Crippen LogP contribution < -0.4 is 5.32 Å². The Morgan fingerprint density at radius 3 is 2.72 bits per heavy atom. The number of benzene rings is 2. The van der Waals surface area contributed by atoms with Crippen LogP contribution in [0.3, 0.4) is 0 Å². The Hall–Kier alpha value is -2.82. The fourth-order valence-corrected chi connectivity index (χ4v) is 3.08. The van der Waals surface area contributed by atoms with Crippen LogP contribution in [0.2, 0.25) is 5.02 Å². The predicted molar refractivity (Wildman–Crippen MR) is 95.4 cm³/mol. The summed E-state index contributed by atoms with van der Waals surface area (Å²) in [5, 5.41) is 16.1. The average Bonchev–Trinajstić information content (AvgIpc) is 3.06. The number of amides is 1. The zero-order valence-electron chi connectivity index (χ0n) is 12.9. The molecule has 8 heteroatoms. The minimum absolute atomic E-state index is 0.0192. The minimum Gasteiger partial charge on any atom is -0.323 e. The second kappa shape index (κ2) is 7.83. The van der Waals surface area contributed by atoms with Gasteiger partial charge >= 0.3 is 0 Å². The minimum atomic E-state index is -0.251. The Morgan fingerprint density at radius 1 is 1.24 bits per heavy atom. The number of hydrogen-bond acceptors (Lipinski definition) is 5. The van der Waals surface area contributed by atoms with Crippen LogP contribution in [0.25, 0.3) is 0 Å². The molecule has 1 aromatic heterocycles. The average molecular weight is 370 g/mol. The summed E-state index contributed by atoms with van der Waals surface area (Å²) in [6.07, 6.45) is 1.35. The van der Waals surface area contributed by atoms with E-state index in [9.17, 15) is 4.79 Å². The van der Waals surface area contributed by atoms with E-state index >= 15 is 0 Å². The van der Waals surface area contributed by atoms with Crippen molar-refractivity contribution in [3.63, 3.8) is 0 Å². The predicted octanol–water partition coefficient (Wildman–Crippen LogP) is 3.59. The van der Waals surface area contributed by atoms with E-state index in [1.807, 2.05) is 54.6 Å². The van der Waals surface area contributed by atoms with Gasteiger partial charge in [0, 0.05) is 14.8 Å². The molecular weight excluding hydrogens is 358 g/mol. The van der Waals surface area contributed by atoms with Crippen LogP contribution in [0, 0.1) is 11.3 Å². The Bertz CT molecular complexity index is 933. The molecule has 0 radical (unpaired) electrons. The smallest absolute Gasteiger partial charge is 0.252 e. The van der Waals surface area contributed by atoms with Gasteiger partial charge in [-0.15, -0.1) is 5.10 Å². The summed E-state index contributed by atoms with van der Waals surface area (Å²) in [7, 11) is 0. The number of nitrogens with zero attached hydrogens (tertiary/aromatic N) is 4. The van der Waals surface area contributed by atoms with Gasteiger partial charge in [0.05, 0.1) is 5.69 Å². The van der Waals surface area contributed by atoms with Crippen LogP contribution in [0.15, 0.2) is 64.6 Å². The first-order chi connectivity index (χ1) is 12.1. The quantitative estimate of drug-likeness (QED) is 0.742. The number of halogens is 1. The highest BCUT2D eigenvalue weighted by Crippen LogP contribution is 2.33. The summed E-state index contributed by atoms with van der Waals surface area (Å²) in [5.41, 5.74) is 0.702. The largest absolute Gasteiger partial charge is 0.323 e. The zero-order valence-corrected chi connectivity index (χ0v) is 14.5. The van der Waals surface area contributed by atoms with Gasteiger partial charge in [0.25, 0.3) is 5.82 Å². The number of aromatic nitrogens is 3. The highest BCUT2D eigenvalue weighted by Gasteiger charge is 2.10. The second-order valence-electron chi connectivity index (χ2n) is 4.98. The van der Waals surface area contributed by atoms with E-state index in [0.717, 1.165) is 9.79 Å². The lowest BCUT2D eigenvalue weighted by Crippen LogP contribution is -2.19. The van der Waals surface area contributed by atoms with Crippen molar-refractivity contribution < 1.29 is 4.79 Å². The summed E-state index contributed by atoms with van der Waals surface area (Å²) in [6, 6.07) is 16.8. The molecule has 25 heavy (non-hydrogen) atoms. The Kier molecular flexibility index (Phi) is 5.33. The van der Waals surface area contributed by atoms with E-state index in [0.29, 0.717) is 10.7 Å². The van der Waals surface area contributed by atoms with Gasteiger partial charge in [-0.25, -0.2) is 9.67 Å². The van der Waals surface area contributed by atoms with Crippen LogP contribution >= 0.6 is 23.4 Å². The molecule has 0 unspecified atom stereocenters. The van der Waals surface area contributed by atoms with E-state index < -0.39 is 0 Å². The molecule has 3 aromatic rings. The molecule has 2 aromatic carbocycles. The Balaban J connectivity index is 1.70. The lowest BCUT2D eigenvalue weighted by molar-refractivity contribution is -0.116. The standard InChI is InChI=1S/C17H12ClN5OS/c18-12-5-7-13(8-6-12)25-15-4-2-1-3-14(15)21-17(24)10-23-11-20-16(9-19)22-23/h1-8,11H,10H2,(H,21,24). The molecule has 0 aliphatic carbocycles. The van der Waals surface area contributed by atoms with Crippen molar-refractivity contribution in [3.05, 3.63) is 65.7 Å². The van der Waals surface area contributed by atoms with Crippen molar-refractivity contribution in [1.82, 2.24) is 14.8 Å². The van der Waals surface area contributed by atoms with Crippen molar-refractivity contribution in [2.45, 2.75) is 16.3 Å². The summed E-state index contributed by atoms with van der Waals surface area (Å²) in [4.78, 5) is 17.9. The molecular formula is C17H12ClN5OS. The SMILES string of the molecule is N#Cc1ncn(CC(=O)Nc2ccccc2Sc2ccc(Cl)cc2)n1. The normalized spacial score (nSPS) is 10.2. The molecule has 0 saturated carbocycles. The summed E-state index contributed by atoms with van der Waals surface area (Å²) in [6.45, 7) is -0.0192. The molecule has 0 aliphatic rings. The fraction of sp³-hybridized carbons (Fsp3) is 0.0588. The van der Waals surface area contributed by atoms with Gasteiger partial charge in [-0.1, -0.05) is 35.5 Å². The van der Waals surface area contributed by atoms with Crippen molar-refractivity contribution in [2.75, 3.05) is 5.32 Å². The maximum atomic E-state index is 12.2. The van der Waals surface area contributed by atoms with Crippen LogP contribution in [0.4, 0.5) is 5.69 Å². The van der Waals surface area contributed by atoms with Crippen LogP contribution in [0.5, 0.6) is 0 Å². The molecule has 6 nitrogen and oxygen atoms in total. The first kappa shape index (κ1) is 17.0.